The van der Waals surface area contributed by atoms with Gasteiger partial charge < -0.3 is 10.2 Å². The van der Waals surface area contributed by atoms with Crippen LogP contribution in [0.5, 0.6) is 0 Å². The van der Waals surface area contributed by atoms with Crippen molar-refractivity contribution in [3.05, 3.63) is 21.6 Å². The lowest BCUT2D eigenvalue weighted by Crippen LogP contribution is -2.37. The maximum absolute atomic E-state index is 11.9. The van der Waals surface area contributed by atoms with E-state index in [0.717, 1.165) is 25.3 Å². The Kier molecular flexibility index (Phi) is 4.82. The van der Waals surface area contributed by atoms with E-state index in [0.29, 0.717) is 12.5 Å². The summed E-state index contributed by atoms with van der Waals surface area (Å²) in [5.74, 6) is 0.600. The van der Waals surface area contributed by atoms with E-state index in [4.69, 9.17) is 11.6 Å². The highest BCUT2D eigenvalue weighted by molar-refractivity contribution is 6.33. The van der Waals surface area contributed by atoms with Crippen molar-refractivity contribution in [3.63, 3.8) is 0 Å². The summed E-state index contributed by atoms with van der Waals surface area (Å²) < 4.78 is 1.38. The van der Waals surface area contributed by atoms with Gasteiger partial charge in [-0.25, -0.2) is 4.68 Å². The van der Waals surface area contributed by atoms with Gasteiger partial charge in [-0.1, -0.05) is 11.6 Å². The monoisotopic (exact) mass is 284 g/mol. The largest absolute Gasteiger partial charge is 0.372 e. The van der Waals surface area contributed by atoms with Gasteiger partial charge >= 0.3 is 0 Å². The lowest BCUT2D eigenvalue weighted by Gasteiger charge is -2.29. The fraction of sp³-hybridized carbons (Fsp3) is 0.692. The predicted molar refractivity (Wildman–Crippen MR) is 78.0 cm³/mol. The van der Waals surface area contributed by atoms with E-state index in [1.54, 1.807) is 6.20 Å². The minimum Gasteiger partial charge on any atom is -0.372 e. The minimum absolute atomic E-state index is 0.213. The molecule has 2 rings (SSSR count). The Morgan fingerprint density at radius 1 is 1.63 bits per heavy atom. The van der Waals surface area contributed by atoms with Crippen molar-refractivity contribution in [2.75, 3.05) is 31.6 Å². The lowest BCUT2D eigenvalue weighted by atomic mass is 9.99. The van der Waals surface area contributed by atoms with E-state index in [9.17, 15) is 4.79 Å². The van der Waals surface area contributed by atoms with Crippen LogP contribution in [-0.4, -0.2) is 36.5 Å². The minimum atomic E-state index is -0.213. The molecular weight excluding hydrogens is 264 g/mol. The van der Waals surface area contributed by atoms with Crippen LogP contribution in [0.2, 0.25) is 5.02 Å². The third-order valence-electron chi connectivity index (χ3n) is 3.61. The number of anilines is 1. The molecule has 1 aromatic rings. The van der Waals surface area contributed by atoms with Crippen molar-refractivity contribution >= 4 is 17.3 Å². The molecule has 0 amide bonds. The average molecular weight is 285 g/mol. The molecule has 0 radical (unpaired) electrons. The van der Waals surface area contributed by atoms with Crippen LogP contribution in [-0.2, 0) is 6.54 Å². The molecule has 1 N–H and O–H groups in total. The summed E-state index contributed by atoms with van der Waals surface area (Å²) >= 11 is 6.16. The molecule has 1 saturated heterocycles. The summed E-state index contributed by atoms with van der Waals surface area (Å²) in [7, 11) is 1.97. The fourth-order valence-corrected chi connectivity index (χ4v) is 2.80. The van der Waals surface area contributed by atoms with Gasteiger partial charge in [-0.15, -0.1) is 0 Å². The molecule has 1 aliphatic heterocycles. The second-order valence-electron chi connectivity index (χ2n) is 5.06. The van der Waals surface area contributed by atoms with Gasteiger partial charge in [0.1, 0.15) is 5.02 Å². The molecule has 0 saturated carbocycles. The van der Waals surface area contributed by atoms with Gasteiger partial charge in [-0.05, 0) is 38.8 Å². The molecule has 0 bridgehead atoms. The molecule has 1 unspecified atom stereocenters. The number of nitrogens with one attached hydrogen (secondary N) is 1. The van der Waals surface area contributed by atoms with Crippen molar-refractivity contribution in [3.8, 4) is 0 Å². The topological polar surface area (TPSA) is 50.2 Å². The fourth-order valence-electron chi connectivity index (χ4n) is 2.51. The summed E-state index contributed by atoms with van der Waals surface area (Å²) in [5, 5.41) is 7.80. The molecule has 0 spiro atoms. The summed E-state index contributed by atoms with van der Waals surface area (Å²) in [6.07, 6.45) is 4.11. The number of aryl methyl sites for hydroxylation is 1. The van der Waals surface area contributed by atoms with Crippen LogP contribution in [0.4, 0.5) is 5.69 Å². The second kappa shape index (κ2) is 6.39. The first-order valence-corrected chi connectivity index (χ1v) is 7.18. The van der Waals surface area contributed by atoms with Crippen LogP contribution in [0, 0.1) is 5.92 Å². The van der Waals surface area contributed by atoms with Crippen LogP contribution >= 0.6 is 11.6 Å². The zero-order valence-electron chi connectivity index (χ0n) is 11.5. The summed E-state index contributed by atoms with van der Waals surface area (Å²) in [6, 6.07) is 0. The molecule has 5 nitrogen and oxygen atoms in total. The zero-order valence-corrected chi connectivity index (χ0v) is 12.3. The maximum atomic E-state index is 11.9. The van der Waals surface area contributed by atoms with Gasteiger partial charge in [0.25, 0.3) is 5.56 Å². The van der Waals surface area contributed by atoms with Gasteiger partial charge in [0.05, 0.1) is 11.9 Å². The first-order chi connectivity index (χ1) is 9.13. The van der Waals surface area contributed by atoms with Gasteiger partial charge in [-0.2, -0.15) is 5.10 Å². The van der Waals surface area contributed by atoms with E-state index in [1.165, 1.54) is 17.5 Å². The summed E-state index contributed by atoms with van der Waals surface area (Å²) in [5.41, 5.74) is 0.511. The Bertz CT molecular complexity index is 482. The second-order valence-corrected chi connectivity index (χ2v) is 5.44. The normalized spacial score (nSPS) is 19.4. The Labute approximate surface area is 118 Å². The Morgan fingerprint density at radius 3 is 3.05 bits per heavy atom. The predicted octanol–water partition coefficient (Wildman–Crippen LogP) is 1.35. The molecule has 2 heterocycles. The number of aromatic nitrogens is 2. The number of piperidine rings is 1. The van der Waals surface area contributed by atoms with Gasteiger partial charge in [0.2, 0.25) is 0 Å². The van der Waals surface area contributed by atoms with Crippen molar-refractivity contribution in [1.29, 1.82) is 0 Å². The SMILES string of the molecule is CCn1ncc(N(C)CC2CCCNC2)c(Cl)c1=O. The van der Waals surface area contributed by atoms with Crippen LogP contribution in [0.15, 0.2) is 11.0 Å². The standard InChI is InChI=1S/C13H21ClN4O/c1-3-18-13(19)12(14)11(8-16-18)17(2)9-10-5-4-6-15-7-10/h8,10,15H,3-7,9H2,1-2H3. The molecule has 106 valence electrons. The van der Waals surface area contributed by atoms with Crippen LogP contribution in [0.25, 0.3) is 0 Å². The van der Waals surface area contributed by atoms with E-state index < -0.39 is 0 Å². The summed E-state index contributed by atoms with van der Waals surface area (Å²) in [4.78, 5) is 14.0. The van der Waals surface area contributed by atoms with Crippen molar-refractivity contribution in [1.82, 2.24) is 15.1 Å². The number of hydrogen-bond acceptors (Lipinski definition) is 4. The van der Waals surface area contributed by atoms with E-state index >= 15 is 0 Å². The molecule has 0 aromatic carbocycles. The Morgan fingerprint density at radius 2 is 2.42 bits per heavy atom. The first-order valence-electron chi connectivity index (χ1n) is 6.81. The zero-order chi connectivity index (χ0) is 13.8. The van der Waals surface area contributed by atoms with E-state index in [1.807, 2.05) is 18.9 Å². The molecular formula is C13H21ClN4O. The molecule has 1 aliphatic rings. The van der Waals surface area contributed by atoms with Crippen LogP contribution in [0.1, 0.15) is 19.8 Å². The quantitative estimate of drug-likeness (QED) is 0.907. The molecule has 0 aliphatic carbocycles. The Balaban J connectivity index is 2.12. The smallest absolute Gasteiger partial charge is 0.287 e. The van der Waals surface area contributed by atoms with Crippen molar-refractivity contribution in [2.24, 2.45) is 5.92 Å². The molecule has 1 aromatic heterocycles. The molecule has 19 heavy (non-hydrogen) atoms. The van der Waals surface area contributed by atoms with E-state index in [2.05, 4.69) is 10.4 Å². The molecule has 6 heteroatoms. The first kappa shape index (κ1) is 14.3. The third kappa shape index (κ3) is 3.28. The highest BCUT2D eigenvalue weighted by atomic mass is 35.5. The Hall–Kier alpha value is -1.07. The number of hydrogen-bond donors (Lipinski definition) is 1. The average Bonchev–Trinajstić information content (AvgIpc) is 2.42. The maximum Gasteiger partial charge on any atom is 0.287 e. The van der Waals surface area contributed by atoms with Gasteiger partial charge in [-0.3, -0.25) is 4.79 Å². The van der Waals surface area contributed by atoms with E-state index in [-0.39, 0.29) is 10.6 Å². The highest BCUT2D eigenvalue weighted by Gasteiger charge is 2.18. The number of rotatable bonds is 4. The highest BCUT2D eigenvalue weighted by Crippen LogP contribution is 2.22. The number of halogens is 1. The van der Waals surface area contributed by atoms with Crippen molar-refractivity contribution in [2.45, 2.75) is 26.3 Å². The van der Waals surface area contributed by atoms with Crippen molar-refractivity contribution < 1.29 is 0 Å². The molecule has 1 atom stereocenters. The molecule has 1 fully saturated rings. The van der Waals surface area contributed by atoms with Gasteiger partial charge in [0.15, 0.2) is 0 Å². The summed E-state index contributed by atoms with van der Waals surface area (Å²) in [6.45, 7) is 5.44. The van der Waals surface area contributed by atoms with Crippen LogP contribution < -0.4 is 15.8 Å². The number of nitrogens with zero attached hydrogens (tertiary/aromatic N) is 3. The van der Waals surface area contributed by atoms with Gasteiger partial charge in [0, 0.05) is 20.1 Å². The third-order valence-corrected chi connectivity index (χ3v) is 3.96. The lowest BCUT2D eigenvalue weighted by molar-refractivity contribution is 0.381. The van der Waals surface area contributed by atoms with Crippen LogP contribution in [0.3, 0.4) is 0 Å².